The van der Waals surface area contributed by atoms with Gasteiger partial charge in [0.05, 0.1) is 0 Å². The molecular weight excluding hydrogens is 206 g/mol. The van der Waals surface area contributed by atoms with Gasteiger partial charge in [-0.2, -0.15) is 0 Å². The van der Waals surface area contributed by atoms with E-state index in [1.807, 2.05) is 13.8 Å². The molecule has 0 bridgehead atoms. The zero-order valence-electron chi connectivity index (χ0n) is 13.7. The molecule has 0 aliphatic heterocycles. The SMILES string of the molecule is CC.CC(C)(C)CCCCCNCC(C)(C)C.[HH]. The van der Waals surface area contributed by atoms with E-state index in [4.69, 9.17) is 0 Å². The lowest BCUT2D eigenvalue weighted by Gasteiger charge is -2.19. The van der Waals surface area contributed by atoms with Crippen molar-refractivity contribution in [1.82, 2.24) is 5.32 Å². The zero-order chi connectivity index (χ0) is 13.9. The molecule has 0 aromatic carbocycles. The quantitative estimate of drug-likeness (QED) is 0.609. The molecule has 0 radical (unpaired) electrons. The summed E-state index contributed by atoms with van der Waals surface area (Å²) in [7, 11) is 0. The Labute approximate surface area is 112 Å². The van der Waals surface area contributed by atoms with Crippen LogP contribution in [0.5, 0.6) is 0 Å². The molecule has 0 heterocycles. The average Bonchev–Trinajstić information content (AvgIpc) is 2.16. The van der Waals surface area contributed by atoms with Gasteiger partial charge in [-0.1, -0.05) is 68.2 Å². The topological polar surface area (TPSA) is 12.0 Å². The predicted molar refractivity (Wildman–Crippen MR) is 83.7 cm³/mol. The van der Waals surface area contributed by atoms with Crippen LogP contribution in [0.25, 0.3) is 0 Å². The summed E-state index contributed by atoms with van der Waals surface area (Å²) >= 11 is 0. The molecular formula is C16H39N. The van der Waals surface area contributed by atoms with Crippen LogP contribution in [0.2, 0.25) is 0 Å². The molecule has 0 saturated heterocycles. The van der Waals surface area contributed by atoms with Gasteiger partial charge in [0.2, 0.25) is 0 Å². The summed E-state index contributed by atoms with van der Waals surface area (Å²) in [4.78, 5) is 0. The largest absolute Gasteiger partial charge is 0.316 e. The Morgan fingerprint density at radius 3 is 1.71 bits per heavy atom. The molecule has 1 heteroatoms. The highest BCUT2D eigenvalue weighted by molar-refractivity contribution is 4.65. The fourth-order valence-electron chi connectivity index (χ4n) is 1.55. The van der Waals surface area contributed by atoms with Crippen molar-refractivity contribution < 1.29 is 1.43 Å². The second kappa shape index (κ2) is 9.94. The second-order valence-electron chi connectivity index (χ2n) is 7.11. The van der Waals surface area contributed by atoms with E-state index >= 15 is 0 Å². The van der Waals surface area contributed by atoms with Crippen molar-refractivity contribution in [3.63, 3.8) is 0 Å². The lowest BCUT2D eigenvalue weighted by molar-refractivity contribution is 0.351. The molecule has 1 nitrogen and oxygen atoms in total. The third kappa shape index (κ3) is 21.7. The average molecular weight is 245 g/mol. The van der Waals surface area contributed by atoms with Crippen LogP contribution in [0, 0.1) is 10.8 Å². The number of rotatable bonds is 6. The van der Waals surface area contributed by atoms with E-state index in [2.05, 4.69) is 46.9 Å². The van der Waals surface area contributed by atoms with Gasteiger partial charge < -0.3 is 5.32 Å². The minimum atomic E-state index is 0. The van der Waals surface area contributed by atoms with E-state index in [-0.39, 0.29) is 1.43 Å². The van der Waals surface area contributed by atoms with Crippen LogP contribution in [0.3, 0.4) is 0 Å². The first-order valence-corrected chi connectivity index (χ1v) is 7.41. The normalized spacial score (nSPS) is 12.0. The predicted octanol–water partition coefficient (Wildman–Crippen LogP) is 5.50. The molecule has 0 unspecified atom stereocenters. The summed E-state index contributed by atoms with van der Waals surface area (Å²) in [6, 6.07) is 0. The van der Waals surface area contributed by atoms with Crippen LogP contribution in [-0.2, 0) is 0 Å². The summed E-state index contributed by atoms with van der Waals surface area (Å²) in [6.45, 7) is 20.1. The van der Waals surface area contributed by atoms with Gasteiger partial charge in [0, 0.05) is 1.43 Å². The smallest absolute Gasteiger partial charge is 0 e. The van der Waals surface area contributed by atoms with Crippen LogP contribution < -0.4 is 5.32 Å². The minimum absolute atomic E-state index is 0. The van der Waals surface area contributed by atoms with Gasteiger partial charge in [0.1, 0.15) is 0 Å². The fourth-order valence-corrected chi connectivity index (χ4v) is 1.55. The molecule has 17 heavy (non-hydrogen) atoms. The van der Waals surface area contributed by atoms with Gasteiger partial charge in [-0.25, -0.2) is 0 Å². The molecule has 0 amide bonds. The number of hydrogen-bond donors (Lipinski definition) is 1. The molecule has 0 saturated carbocycles. The van der Waals surface area contributed by atoms with Crippen LogP contribution in [0.15, 0.2) is 0 Å². The van der Waals surface area contributed by atoms with Gasteiger partial charge in [-0.15, -0.1) is 0 Å². The van der Waals surface area contributed by atoms with Gasteiger partial charge in [0.25, 0.3) is 0 Å². The Balaban J connectivity index is -0.000000709. The van der Waals surface area contributed by atoms with Gasteiger partial charge in [-0.3, -0.25) is 0 Å². The first-order valence-electron chi connectivity index (χ1n) is 7.41. The second-order valence-corrected chi connectivity index (χ2v) is 7.11. The zero-order valence-corrected chi connectivity index (χ0v) is 13.7. The Bertz CT molecular complexity index is 135. The summed E-state index contributed by atoms with van der Waals surface area (Å²) < 4.78 is 0. The minimum Gasteiger partial charge on any atom is -0.316 e. The molecule has 0 atom stereocenters. The molecule has 0 aliphatic carbocycles. The van der Waals surface area contributed by atoms with Crippen molar-refractivity contribution in [2.45, 2.75) is 81.1 Å². The summed E-state index contributed by atoms with van der Waals surface area (Å²) in [5.74, 6) is 0. The van der Waals surface area contributed by atoms with Crippen LogP contribution in [0.4, 0.5) is 0 Å². The van der Waals surface area contributed by atoms with Crippen molar-refractivity contribution >= 4 is 0 Å². The van der Waals surface area contributed by atoms with Crippen molar-refractivity contribution in [3.05, 3.63) is 0 Å². The van der Waals surface area contributed by atoms with Gasteiger partial charge in [0.15, 0.2) is 0 Å². The van der Waals surface area contributed by atoms with E-state index in [1.165, 1.54) is 32.2 Å². The molecule has 0 aromatic heterocycles. The van der Waals surface area contributed by atoms with E-state index in [0.29, 0.717) is 10.8 Å². The highest BCUT2D eigenvalue weighted by Crippen LogP contribution is 2.21. The van der Waals surface area contributed by atoms with Crippen molar-refractivity contribution in [2.24, 2.45) is 10.8 Å². The summed E-state index contributed by atoms with van der Waals surface area (Å²) in [5, 5.41) is 3.52. The number of hydrogen-bond acceptors (Lipinski definition) is 1. The maximum atomic E-state index is 3.52. The third-order valence-corrected chi connectivity index (χ3v) is 2.44. The van der Waals surface area contributed by atoms with E-state index in [1.54, 1.807) is 0 Å². The first kappa shape index (κ1) is 19.3. The van der Waals surface area contributed by atoms with Gasteiger partial charge >= 0.3 is 0 Å². The molecule has 0 rings (SSSR count). The lowest BCUT2D eigenvalue weighted by atomic mass is 9.89. The van der Waals surface area contributed by atoms with E-state index < -0.39 is 0 Å². The number of nitrogens with one attached hydrogen (secondary N) is 1. The molecule has 0 aromatic rings. The van der Waals surface area contributed by atoms with Crippen LogP contribution >= 0.6 is 0 Å². The monoisotopic (exact) mass is 245 g/mol. The van der Waals surface area contributed by atoms with Crippen molar-refractivity contribution in [1.29, 1.82) is 0 Å². The highest BCUT2D eigenvalue weighted by atomic mass is 14.9. The molecule has 108 valence electrons. The maximum absolute atomic E-state index is 3.52. The molecule has 0 aliphatic rings. The van der Waals surface area contributed by atoms with Crippen molar-refractivity contribution in [3.8, 4) is 0 Å². The lowest BCUT2D eigenvalue weighted by Crippen LogP contribution is -2.27. The molecule has 1 N–H and O–H groups in total. The first-order chi connectivity index (χ1) is 7.71. The Morgan fingerprint density at radius 1 is 0.765 bits per heavy atom. The third-order valence-electron chi connectivity index (χ3n) is 2.44. The Kier molecular flexibility index (Phi) is 11.3. The van der Waals surface area contributed by atoms with Crippen LogP contribution in [0.1, 0.15) is 82.5 Å². The highest BCUT2D eigenvalue weighted by Gasteiger charge is 2.09. The summed E-state index contributed by atoms with van der Waals surface area (Å²) in [5.41, 5.74) is 0.935. The van der Waals surface area contributed by atoms with E-state index in [0.717, 1.165) is 6.54 Å². The maximum Gasteiger partial charge on any atom is 0 e. The molecule has 0 fully saturated rings. The van der Waals surface area contributed by atoms with Crippen molar-refractivity contribution in [2.75, 3.05) is 13.1 Å². The standard InChI is InChI=1S/C14H31N.C2H6.H2/c1-13(2,3)10-8-7-9-11-15-12-14(4,5)6;1-2;/h15H,7-12H2,1-6H3;1-2H3;1H. The summed E-state index contributed by atoms with van der Waals surface area (Å²) in [6.07, 6.45) is 5.42. The van der Waals surface area contributed by atoms with Crippen LogP contribution in [-0.4, -0.2) is 13.1 Å². The Morgan fingerprint density at radius 2 is 1.29 bits per heavy atom. The van der Waals surface area contributed by atoms with E-state index in [9.17, 15) is 0 Å². The number of unbranched alkanes of at least 4 members (excludes halogenated alkanes) is 2. The fraction of sp³-hybridized carbons (Fsp3) is 1.00. The molecule has 0 spiro atoms. The van der Waals surface area contributed by atoms with Gasteiger partial charge in [-0.05, 0) is 36.8 Å². The Hall–Kier alpha value is -0.0400.